The van der Waals surface area contributed by atoms with Crippen LogP contribution in [0.1, 0.15) is 19.4 Å². The number of aromatic nitrogens is 1. The smallest absolute Gasteiger partial charge is 0.224 e. The van der Waals surface area contributed by atoms with Gasteiger partial charge < -0.3 is 11.1 Å². The number of nitrogens with one attached hydrogen (secondary N) is 1. The van der Waals surface area contributed by atoms with Gasteiger partial charge in [-0.05, 0) is 31.5 Å². The van der Waals surface area contributed by atoms with Crippen LogP contribution in [0.15, 0.2) is 34.9 Å². The summed E-state index contributed by atoms with van der Waals surface area (Å²) in [5.74, 6) is -0.302. The van der Waals surface area contributed by atoms with Crippen LogP contribution < -0.4 is 11.1 Å². The molecule has 0 aliphatic rings. The average Bonchev–Trinajstić information content (AvgIpc) is 2.41. The molecule has 1 aromatic carbocycles. The summed E-state index contributed by atoms with van der Waals surface area (Å²) in [5.41, 5.74) is 6.87. The monoisotopic (exact) mass is 335 g/mol. The fourth-order valence-electron chi connectivity index (χ4n) is 1.94. The Morgan fingerprint density at radius 2 is 2.15 bits per heavy atom. The molecular weight excluding hydrogens is 318 g/mol. The van der Waals surface area contributed by atoms with Crippen molar-refractivity contribution >= 4 is 32.7 Å². The fourth-order valence-corrected chi connectivity index (χ4v) is 2.39. The van der Waals surface area contributed by atoms with Gasteiger partial charge >= 0.3 is 0 Å². The minimum Gasteiger partial charge on any atom is -0.369 e. The molecule has 1 heterocycles. The van der Waals surface area contributed by atoms with Gasteiger partial charge in [-0.3, -0.25) is 9.78 Å². The molecular formula is C15H18BrN3O. The lowest BCUT2D eigenvalue weighted by molar-refractivity contribution is -0.125. The zero-order valence-electron chi connectivity index (χ0n) is 11.6. The predicted molar refractivity (Wildman–Crippen MR) is 84.1 cm³/mol. The molecule has 2 rings (SSSR count). The van der Waals surface area contributed by atoms with E-state index in [2.05, 4.69) is 26.2 Å². The van der Waals surface area contributed by atoms with E-state index >= 15 is 0 Å². The van der Waals surface area contributed by atoms with Crippen molar-refractivity contribution in [3.8, 4) is 0 Å². The lowest BCUT2D eigenvalue weighted by Crippen LogP contribution is -2.40. The zero-order chi connectivity index (χ0) is 14.8. The summed E-state index contributed by atoms with van der Waals surface area (Å²) in [6, 6.07) is 7.99. The standard InChI is InChI=1S/C15H18BrN3O/c1-15(2,14(17)20)9-18-8-10-5-6-12(16)11-4-3-7-19-13(10)11/h3-7,18H,8-9H2,1-2H3,(H2,17,20). The van der Waals surface area contributed by atoms with Crippen LogP contribution in [0.2, 0.25) is 0 Å². The highest BCUT2D eigenvalue weighted by atomic mass is 79.9. The number of halogens is 1. The summed E-state index contributed by atoms with van der Waals surface area (Å²) in [4.78, 5) is 15.7. The van der Waals surface area contributed by atoms with Crippen LogP contribution in [-0.2, 0) is 11.3 Å². The third-order valence-corrected chi connectivity index (χ3v) is 4.04. The molecule has 0 unspecified atom stereocenters. The van der Waals surface area contributed by atoms with Crippen LogP contribution in [0, 0.1) is 5.41 Å². The Bertz CT molecular complexity index is 640. The number of nitrogens with zero attached hydrogens (tertiary/aromatic N) is 1. The number of hydrogen-bond donors (Lipinski definition) is 2. The van der Waals surface area contributed by atoms with Crippen molar-refractivity contribution < 1.29 is 4.79 Å². The SMILES string of the molecule is CC(C)(CNCc1ccc(Br)c2cccnc12)C(N)=O. The van der Waals surface area contributed by atoms with Crippen LogP contribution in [0.3, 0.4) is 0 Å². The van der Waals surface area contributed by atoms with Crippen LogP contribution in [0.25, 0.3) is 10.9 Å². The van der Waals surface area contributed by atoms with Gasteiger partial charge in [-0.25, -0.2) is 0 Å². The van der Waals surface area contributed by atoms with Crippen LogP contribution in [0.4, 0.5) is 0 Å². The van der Waals surface area contributed by atoms with Crippen LogP contribution >= 0.6 is 15.9 Å². The summed E-state index contributed by atoms with van der Waals surface area (Å²) >= 11 is 3.53. The number of benzene rings is 1. The molecule has 0 spiro atoms. The first kappa shape index (κ1) is 14.9. The van der Waals surface area contributed by atoms with Crippen molar-refractivity contribution in [1.82, 2.24) is 10.3 Å². The number of nitrogens with two attached hydrogens (primary N) is 1. The van der Waals surface area contributed by atoms with E-state index in [9.17, 15) is 4.79 Å². The molecule has 0 saturated carbocycles. The number of rotatable bonds is 5. The van der Waals surface area contributed by atoms with Gasteiger partial charge in [0.2, 0.25) is 5.91 Å². The van der Waals surface area contributed by atoms with Gasteiger partial charge in [-0.2, -0.15) is 0 Å². The molecule has 2 aromatic rings. The molecule has 1 aromatic heterocycles. The molecule has 3 N–H and O–H groups in total. The highest BCUT2D eigenvalue weighted by molar-refractivity contribution is 9.10. The van der Waals surface area contributed by atoms with Gasteiger partial charge in [0.15, 0.2) is 0 Å². The molecule has 4 nitrogen and oxygen atoms in total. The van der Waals surface area contributed by atoms with Crippen molar-refractivity contribution in [3.63, 3.8) is 0 Å². The molecule has 106 valence electrons. The van der Waals surface area contributed by atoms with E-state index in [4.69, 9.17) is 5.73 Å². The first-order chi connectivity index (χ1) is 9.42. The Labute approximate surface area is 126 Å². The Morgan fingerprint density at radius 3 is 2.85 bits per heavy atom. The normalized spacial score (nSPS) is 11.8. The van der Waals surface area contributed by atoms with E-state index in [1.165, 1.54) is 0 Å². The summed E-state index contributed by atoms with van der Waals surface area (Å²) in [5, 5.41) is 4.36. The molecule has 0 radical (unpaired) electrons. The Balaban J connectivity index is 2.15. The lowest BCUT2D eigenvalue weighted by atomic mass is 9.92. The molecule has 0 fully saturated rings. The highest BCUT2D eigenvalue weighted by Crippen LogP contribution is 2.25. The topological polar surface area (TPSA) is 68.0 Å². The Hall–Kier alpha value is -1.46. The van der Waals surface area contributed by atoms with Gasteiger partial charge in [-0.1, -0.05) is 28.1 Å². The van der Waals surface area contributed by atoms with Crippen LogP contribution in [0.5, 0.6) is 0 Å². The third kappa shape index (κ3) is 3.16. The minimum atomic E-state index is -0.557. The molecule has 0 aliphatic heterocycles. The third-order valence-electron chi connectivity index (χ3n) is 3.35. The molecule has 20 heavy (non-hydrogen) atoms. The summed E-state index contributed by atoms with van der Waals surface area (Å²) < 4.78 is 1.03. The van der Waals surface area contributed by atoms with E-state index < -0.39 is 5.41 Å². The maximum Gasteiger partial charge on any atom is 0.224 e. The van der Waals surface area contributed by atoms with Crippen molar-refractivity contribution in [3.05, 3.63) is 40.5 Å². The molecule has 0 aliphatic carbocycles. The van der Waals surface area contributed by atoms with Gasteiger partial charge in [0.1, 0.15) is 0 Å². The van der Waals surface area contributed by atoms with Gasteiger partial charge in [-0.15, -0.1) is 0 Å². The first-order valence-corrected chi connectivity index (χ1v) is 7.24. The fraction of sp³-hybridized carbons (Fsp3) is 0.333. The number of primary amides is 1. The first-order valence-electron chi connectivity index (χ1n) is 6.44. The van der Waals surface area contributed by atoms with E-state index in [0.717, 1.165) is 20.9 Å². The second-order valence-corrected chi connectivity index (χ2v) is 6.31. The summed E-state index contributed by atoms with van der Waals surface area (Å²) in [7, 11) is 0. The second-order valence-electron chi connectivity index (χ2n) is 5.46. The maximum atomic E-state index is 11.3. The Kier molecular flexibility index (Phi) is 4.40. The number of pyridine rings is 1. The lowest BCUT2D eigenvalue weighted by Gasteiger charge is -2.21. The van der Waals surface area contributed by atoms with Gasteiger partial charge in [0.05, 0.1) is 10.9 Å². The molecule has 5 heteroatoms. The molecule has 0 saturated heterocycles. The maximum absolute atomic E-state index is 11.3. The Morgan fingerprint density at radius 1 is 1.40 bits per heavy atom. The molecule has 0 bridgehead atoms. The second kappa shape index (κ2) is 5.89. The number of carbonyl (C=O) groups excluding carboxylic acids is 1. The predicted octanol–water partition coefficient (Wildman–Crippen LogP) is 2.60. The van der Waals surface area contributed by atoms with Crippen molar-refractivity contribution in [2.24, 2.45) is 11.1 Å². The quantitative estimate of drug-likeness (QED) is 0.882. The largest absolute Gasteiger partial charge is 0.369 e. The average molecular weight is 336 g/mol. The zero-order valence-corrected chi connectivity index (χ0v) is 13.2. The van der Waals surface area contributed by atoms with E-state index in [-0.39, 0.29) is 5.91 Å². The van der Waals surface area contributed by atoms with Crippen molar-refractivity contribution in [2.45, 2.75) is 20.4 Å². The number of carbonyl (C=O) groups is 1. The van der Waals surface area contributed by atoms with E-state index in [0.29, 0.717) is 13.1 Å². The van der Waals surface area contributed by atoms with E-state index in [1.54, 1.807) is 6.20 Å². The summed E-state index contributed by atoms with van der Waals surface area (Å²) in [6.07, 6.45) is 1.78. The van der Waals surface area contributed by atoms with Gasteiger partial charge in [0.25, 0.3) is 0 Å². The van der Waals surface area contributed by atoms with Gasteiger partial charge in [0, 0.05) is 29.1 Å². The van der Waals surface area contributed by atoms with Crippen molar-refractivity contribution in [2.75, 3.05) is 6.54 Å². The number of amides is 1. The summed E-state index contributed by atoms with van der Waals surface area (Å²) in [6.45, 7) is 4.85. The number of hydrogen-bond acceptors (Lipinski definition) is 3. The highest BCUT2D eigenvalue weighted by Gasteiger charge is 2.24. The van der Waals surface area contributed by atoms with Crippen molar-refractivity contribution in [1.29, 1.82) is 0 Å². The number of fused-ring (bicyclic) bond motifs is 1. The molecule has 0 atom stereocenters. The minimum absolute atomic E-state index is 0.302. The van der Waals surface area contributed by atoms with E-state index in [1.807, 2.05) is 38.1 Å². The molecule has 1 amide bonds. The van der Waals surface area contributed by atoms with Crippen LogP contribution in [-0.4, -0.2) is 17.4 Å².